The molecule has 22 heavy (non-hydrogen) atoms. The average molecular weight is 315 g/mol. The Bertz CT molecular complexity index is 520. The van der Waals surface area contributed by atoms with Crippen LogP contribution in [-0.4, -0.2) is 24.0 Å². The molecule has 0 radical (unpaired) electrons. The molecule has 2 atom stereocenters. The second kappa shape index (κ2) is 6.19. The third-order valence-electron chi connectivity index (χ3n) is 5.07. The Kier molecular flexibility index (Phi) is 4.44. The van der Waals surface area contributed by atoms with E-state index in [1.54, 1.807) is 0 Å². The SMILES string of the molecule is Fc1ccc(C(F)(F)F)cc1C1CCCC(N2CCCC2)C1. The van der Waals surface area contributed by atoms with Crippen molar-refractivity contribution in [2.75, 3.05) is 13.1 Å². The van der Waals surface area contributed by atoms with Crippen LogP contribution in [-0.2, 0) is 6.18 Å². The zero-order chi connectivity index (χ0) is 15.7. The third-order valence-corrected chi connectivity index (χ3v) is 5.07. The second-order valence-electron chi connectivity index (χ2n) is 6.49. The summed E-state index contributed by atoms with van der Waals surface area (Å²) in [4.78, 5) is 2.43. The highest BCUT2D eigenvalue weighted by molar-refractivity contribution is 5.30. The van der Waals surface area contributed by atoms with E-state index in [0.717, 1.165) is 57.0 Å². The number of benzene rings is 1. The summed E-state index contributed by atoms with van der Waals surface area (Å²) in [5.74, 6) is -0.596. The van der Waals surface area contributed by atoms with Gasteiger partial charge in [0.1, 0.15) is 5.82 Å². The van der Waals surface area contributed by atoms with E-state index in [0.29, 0.717) is 6.04 Å². The van der Waals surface area contributed by atoms with Gasteiger partial charge in [0.05, 0.1) is 5.56 Å². The number of hydrogen-bond acceptors (Lipinski definition) is 1. The molecule has 1 aliphatic carbocycles. The number of likely N-dealkylation sites (tertiary alicyclic amines) is 1. The largest absolute Gasteiger partial charge is 0.416 e. The molecule has 0 bridgehead atoms. The first-order valence-electron chi connectivity index (χ1n) is 8.06. The van der Waals surface area contributed by atoms with E-state index in [-0.39, 0.29) is 11.5 Å². The van der Waals surface area contributed by atoms with Gasteiger partial charge in [0.15, 0.2) is 0 Å². The summed E-state index contributed by atoms with van der Waals surface area (Å²) in [6.45, 7) is 2.14. The van der Waals surface area contributed by atoms with Crippen LogP contribution in [0.25, 0.3) is 0 Å². The molecule has 122 valence electrons. The summed E-state index contributed by atoms with van der Waals surface area (Å²) in [7, 11) is 0. The van der Waals surface area contributed by atoms with Gasteiger partial charge in [0.25, 0.3) is 0 Å². The molecule has 1 aliphatic heterocycles. The molecule has 2 unspecified atom stereocenters. The predicted molar refractivity (Wildman–Crippen MR) is 77.2 cm³/mol. The van der Waals surface area contributed by atoms with Crippen molar-refractivity contribution in [1.82, 2.24) is 4.90 Å². The van der Waals surface area contributed by atoms with Gasteiger partial charge in [-0.05, 0) is 74.9 Å². The molecule has 1 nitrogen and oxygen atoms in total. The Hall–Kier alpha value is -1.10. The highest BCUT2D eigenvalue weighted by Gasteiger charge is 2.34. The molecule has 5 heteroatoms. The number of rotatable bonds is 2. The van der Waals surface area contributed by atoms with E-state index in [1.807, 2.05) is 0 Å². The maximum atomic E-state index is 14.1. The zero-order valence-corrected chi connectivity index (χ0v) is 12.5. The van der Waals surface area contributed by atoms with Crippen LogP contribution in [0.15, 0.2) is 18.2 Å². The minimum Gasteiger partial charge on any atom is -0.300 e. The molecule has 0 amide bonds. The lowest BCUT2D eigenvalue weighted by atomic mass is 9.80. The van der Waals surface area contributed by atoms with Gasteiger partial charge >= 0.3 is 6.18 Å². The van der Waals surface area contributed by atoms with Crippen molar-refractivity contribution >= 4 is 0 Å². The highest BCUT2D eigenvalue weighted by atomic mass is 19.4. The summed E-state index contributed by atoms with van der Waals surface area (Å²) in [6, 6.07) is 3.22. The van der Waals surface area contributed by atoms with Crippen LogP contribution in [0.3, 0.4) is 0 Å². The van der Waals surface area contributed by atoms with Crippen molar-refractivity contribution in [2.45, 2.75) is 56.7 Å². The van der Waals surface area contributed by atoms with E-state index in [2.05, 4.69) is 4.90 Å². The van der Waals surface area contributed by atoms with Gasteiger partial charge in [-0.1, -0.05) is 6.42 Å². The fraction of sp³-hybridized carbons (Fsp3) is 0.647. The van der Waals surface area contributed by atoms with Crippen molar-refractivity contribution in [3.05, 3.63) is 35.1 Å². The van der Waals surface area contributed by atoms with Crippen LogP contribution in [0.2, 0.25) is 0 Å². The van der Waals surface area contributed by atoms with E-state index >= 15 is 0 Å². The molecule has 0 N–H and O–H groups in total. The summed E-state index contributed by atoms with van der Waals surface area (Å²) in [6.07, 6.45) is 1.57. The molecule has 0 spiro atoms. The van der Waals surface area contributed by atoms with Crippen LogP contribution in [0, 0.1) is 5.82 Å². The Morgan fingerprint density at radius 2 is 1.73 bits per heavy atom. The minimum atomic E-state index is -4.41. The van der Waals surface area contributed by atoms with Gasteiger partial charge in [-0.25, -0.2) is 4.39 Å². The smallest absolute Gasteiger partial charge is 0.300 e. The Morgan fingerprint density at radius 1 is 1.00 bits per heavy atom. The molecule has 1 aromatic carbocycles. The third kappa shape index (κ3) is 3.29. The summed E-state index contributed by atoms with van der Waals surface area (Å²) < 4.78 is 52.6. The van der Waals surface area contributed by atoms with Crippen molar-refractivity contribution in [1.29, 1.82) is 0 Å². The average Bonchev–Trinajstić information content (AvgIpc) is 3.01. The minimum absolute atomic E-state index is 0.0957. The fourth-order valence-corrected chi connectivity index (χ4v) is 3.92. The summed E-state index contributed by atoms with van der Waals surface area (Å²) >= 11 is 0. The number of halogens is 4. The van der Waals surface area contributed by atoms with Crippen LogP contribution in [0.4, 0.5) is 17.6 Å². The number of hydrogen-bond donors (Lipinski definition) is 0. The second-order valence-corrected chi connectivity index (χ2v) is 6.49. The first-order chi connectivity index (χ1) is 10.4. The van der Waals surface area contributed by atoms with Gasteiger partial charge in [-0.3, -0.25) is 0 Å². The highest BCUT2D eigenvalue weighted by Crippen LogP contribution is 2.39. The fourth-order valence-electron chi connectivity index (χ4n) is 3.92. The Morgan fingerprint density at radius 3 is 2.41 bits per heavy atom. The molecule has 3 rings (SSSR count). The van der Waals surface area contributed by atoms with E-state index in [9.17, 15) is 17.6 Å². The van der Waals surface area contributed by atoms with Crippen molar-refractivity contribution in [3.8, 4) is 0 Å². The quantitative estimate of drug-likeness (QED) is 0.697. The first kappa shape index (κ1) is 15.8. The lowest BCUT2D eigenvalue weighted by Crippen LogP contribution is -2.36. The van der Waals surface area contributed by atoms with Crippen molar-refractivity contribution in [2.24, 2.45) is 0 Å². The molecule has 0 aromatic heterocycles. The van der Waals surface area contributed by atoms with Gasteiger partial charge in [0, 0.05) is 6.04 Å². The molecule has 1 aromatic rings. The molecule has 1 saturated heterocycles. The molecule has 2 aliphatic rings. The van der Waals surface area contributed by atoms with Crippen molar-refractivity contribution in [3.63, 3.8) is 0 Å². The van der Waals surface area contributed by atoms with Gasteiger partial charge < -0.3 is 4.90 Å². The zero-order valence-electron chi connectivity index (χ0n) is 12.5. The topological polar surface area (TPSA) is 3.24 Å². The monoisotopic (exact) mass is 315 g/mol. The van der Waals surface area contributed by atoms with Crippen molar-refractivity contribution < 1.29 is 17.6 Å². The van der Waals surface area contributed by atoms with E-state index in [1.165, 1.54) is 12.8 Å². The molecule has 1 saturated carbocycles. The van der Waals surface area contributed by atoms with Gasteiger partial charge in [0.2, 0.25) is 0 Å². The maximum Gasteiger partial charge on any atom is 0.416 e. The normalized spacial score (nSPS) is 27.3. The Balaban J connectivity index is 1.80. The lowest BCUT2D eigenvalue weighted by molar-refractivity contribution is -0.137. The van der Waals surface area contributed by atoms with E-state index < -0.39 is 17.6 Å². The Labute approximate surface area is 128 Å². The predicted octanol–water partition coefficient (Wildman–Crippen LogP) is 4.97. The number of alkyl halides is 3. The van der Waals surface area contributed by atoms with Gasteiger partial charge in [-0.2, -0.15) is 13.2 Å². The van der Waals surface area contributed by atoms with Crippen LogP contribution < -0.4 is 0 Å². The number of nitrogens with zero attached hydrogens (tertiary/aromatic N) is 1. The standard InChI is InChI=1S/C17H21F4N/c18-16-7-6-13(17(19,20)21)11-15(16)12-4-3-5-14(10-12)22-8-1-2-9-22/h6-7,11-12,14H,1-5,8-10H2. The summed E-state index contributed by atoms with van der Waals surface area (Å²) in [5.41, 5.74) is -0.495. The lowest BCUT2D eigenvalue weighted by Gasteiger charge is -2.35. The van der Waals surface area contributed by atoms with Crippen LogP contribution in [0.5, 0.6) is 0 Å². The first-order valence-corrected chi connectivity index (χ1v) is 8.06. The summed E-state index contributed by atoms with van der Waals surface area (Å²) in [5, 5.41) is 0. The van der Waals surface area contributed by atoms with Gasteiger partial charge in [-0.15, -0.1) is 0 Å². The maximum absolute atomic E-state index is 14.1. The molecule has 1 heterocycles. The molecular weight excluding hydrogens is 294 g/mol. The molecule has 2 fully saturated rings. The van der Waals surface area contributed by atoms with Crippen LogP contribution in [0.1, 0.15) is 55.6 Å². The van der Waals surface area contributed by atoms with E-state index in [4.69, 9.17) is 0 Å². The van der Waals surface area contributed by atoms with Crippen LogP contribution >= 0.6 is 0 Å². The molecular formula is C17H21F4N.